The van der Waals surface area contributed by atoms with Crippen LogP contribution in [0.4, 0.5) is 0 Å². The van der Waals surface area contributed by atoms with E-state index < -0.39 is 0 Å². The minimum atomic E-state index is -0.118. The number of benzene rings is 1. The van der Waals surface area contributed by atoms with Gasteiger partial charge in [0, 0.05) is 25.0 Å². The third kappa shape index (κ3) is 6.22. The van der Waals surface area contributed by atoms with Gasteiger partial charge in [0.1, 0.15) is 10.7 Å². The van der Waals surface area contributed by atoms with Gasteiger partial charge in [0.05, 0.1) is 29.5 Å². The predicted molar refractivity (Wildman–Crippen MR) is 145 cm³/mol. The SMILES string of the molecule is Cc1cccc(-n2c(SCc3nc(C(=O)NCCCN4CCOCC4)cs3)nnc2-c2cccs2)c1. The number of amides is 1. The molecule has 0 radical (unpaired) electrons. The van der Waals surface area contributed by atoms with Crippen LogP contribution >= 0.6 is 34.4 Å². The number of aryl methyl sites for hydroxylation is 1. The van der Waals surface area contributed by atoms with Crippen LogP contribution in [0.2, 0.25) is 0 Å². The van der Waals surface area contributed by atoms with Crippen molar-refractivity contribution in [3.05, 3.63) is 63.4 Å². The van der Waals surface area contributed by atoms with Crippen molar-refractivity contribution in [2.24, 2.45) is 0 Å². The van der Waals surface area contributed by atoms with Crippen LogP contribution in [-0.2, 0) is 10.5 Å². The van der Waals surface area contributed by atoms with E-state index in [2.05, 4.69) is 61.2 Å². The Morgan fingerprint density at radius 2 is 2.06 bits per heavy atom. The van der Waals surface area contributed by atoms with Gasteiger partial charge < -0.3 is 10.1 Å². The Balaban J connectivity index is 1.20. The molecule has 8 nitrogen and oxygen atoms in total. The van der Waals surface area contributed by atoms with Crippen molar-refractivity contribution in [3.63, 3.8) is 0 Å². The lowest BCUT2D eigenvalue weighted by Gasteiger charge is -2.26. The van der Waals surface area contributed by atoms with E-state index in [0.29, 0.717) is 18.0 Å². The fourth-order valence-corrected chi connectivity index (χ4v) is 6.40. The minimum absolute atomic E-state index is 0.118. The molecule has 1 aliphatic heterocycles. The second-order valence-corrected chi connectivity index (χ2v) is 11.3. The van der Waals surface area contributed by atoms with Crippen LogP contribution in [0.5, 0.6) is 0 Å². The molecule has 1 aromatic carbocycles. The van der Waals surface area contributed by atoms with E-state index in [9.17, 15) is 4.79 Å². The Hall–Kier alpha value is -2.57. The molecule has 0 bridgehead atoms. The first-order valence-corrected chi connectivity index (χ1v) is 14.6. The van der Waals surface area contributed by atoms with Crippen LogP contribution < -0.4 is 5.32 Å². The van der Waals surface area contributed by atoms with Gasteiger partial charge in [-0.2, -0.15) is 0 Å². The topological polar surface area (TPSA) is 85.2 Å². The van der Waals surface area contributed by atoms with Gasteiger partial charge in [0.15, 0.2) is 11.0 Å². The molecule has 4 heterocycles. The van der Waals surface area contributed by atoms with Gasteiger partial charge >= 0.3 is 0 Å². The molecule has 36 heavy (non-hydrogen) atoms. The largest absolute Gasteiger partial charge is 0.379 e. The Kier molecular flexibility index (Phi) is 8.44. The molecule has 0 saturated carbocycles. The number of morpholine rings is 1. The first kappa shape index (κ1) is 25.1. The lowest BCUT2D eigenvalue weighted by atomic mass is 10.2. The Morgan fingerprint density at radius 1 is 1.17 bits per heavy atom. The second kappa shape index (κ2) is 12.1. The average Bonchev–Trinajstić information content (AvgIpc) is 3.66. The monoisotopic (exact) mass is 540 g/mol. The van der Waals surface area contributed by atoms with Gasteiger partial charge in [0.25, 0.3) is 5.91 Å². The first-order valence-electron chi connectivity index (χ1n) is 11.9. The number of carbonyl (C=O) groups is 1. The highest BCUT2D eigenvalue weighted by Crippen LogP contribution is 2.32. The van der Waals surface area contributed by atoms with Gasteiger partial charge in [-0.05, 0) is 49.0 Å². The summed E-state index contributed by atoms with van der Waals surface area (Å²) in [6, 6.07) is 12.4. The summed E-state index contributed by atoms with van der Waals surface area (Å²) in [4.78, 5) is 20.6. The van der Waals surface area contributed by atoms with E-state index in [4.69, 9.17) is 4.74 Å². The molecule has 1 fully saturated rings. The van der Waals surface area contributed by atoms with Crippen molar-refractivity contribution in [2.75, 3.05) is 39.4 Å². The molecule has 1 aliphatic rings. The van der Waals surface area contributed by atoms with Gasteiger partial charge in [-0.25, -0.2) is 4.98 Å². The van der Waals surface area contributed by atoms with E-state index in [-0.39, 0.29) is 5.91 Å². The van der Waals surface area contributed by atoms with Crippen molar-refractivity contribution in [3.8, 4) is 16.4 Å². The number of hydrogen-bond donors (Lipinski definition) is 1. The van der Waals surface area contributed by atoms with Gasteiger partial charge in [-0.3, -0.25) is 14.3 Å². The van der Waals surface area contributed by atoms with Crippen molar-refractivity contribution in [2.45, 2.75) is 24.3 Å². The standard InChI is InChI=1S/C25H28N6O2S3/c1-18-5-2-6-19(15-18)31-23(21-7-3-14-34-21)28-29-25(31)36-17-22-27-20(16-35-22)24(32)26-8-4-9-30-10-12-33-13-11-30/h2-3,5-7,14-16H,4,8-13,17H2,1H3,(H,26,32). The van der Waals surface area contributed by atoms with Crippen LogP contribution in [0, 0.1) is 6.92 Å². The summed E-state index contributed by atoms with van der Waals surface area (Å²) in [5.41, 5.74) is 2.68. The molecule has 0 unspecified atom stereocenters. The molecule has 4 aromatic rings. The zero-order valence-corrected chi connectivity index (χ0v) is 22.5. The van der Waals surface area contributed by atoms with Crippen molar-refractivity contribution < 1.29 is 9.53 Å². The number of hydrogen-bond acceptors (Lipinski definition) is 9. The zero-order valence-electron chi connectivity index (χ0n) is 20.1. The smallest absolute Gasteiger partial charge is 0.270 e. The quantitative estimate of drug-likeness (QED) is 0.234. The zero-order chi connectivity index (χ0) is 24.7. The lowest BCUT2D eigenvalue weighted by molar-refractivity contribution is 0.0374. The maximum Gasteiger partial charge on any atom is 0.270 e. The molecule has 1 N–H and O–H groups in total. The number of nitrogens with zero attached hydrogens (tertiary/aromatic N) is 5. The van der Waals surface area contributed by atoms with Crippen molar-refractivity contribution in [1.29, 1.82) is 0 Å². The lowest BCUT2D eigenvalue weighted by Crippen LogP contribution is -2.38. The number of rotatable bonds is 10. The maximum absolute atomic E-state index is 12.6. The van der Waals surface area contributed by atoms with Crippen LogP contribution in [0.1, 0.15) is 27.5 Å². The number of ether oxygens (including phenoxy) is 1. The number of nitrogens with one attached hydrogen (secondary N) is 1. The van der Waals surface area contributed by atoms with Gasteiger partial charge in [0.2, 0.25) is 0 Å². The molecule has 3 aromatic heterocycles. The fourth-order valence-electron chi connectivity index (χ4n) is 3.96. The summed E-state index contributed by atoms with van der Waals surface area (Å²) >= 11 is 4.72. The molecular formula is C25H28N6O2S3. The summed E-state index contributed by atoms with van der Waals surface area (Å²) in [6.45, 7) is 7.21. The van der Waals surface area contributed by atoms with E-state index in [1.807, 2.05) is 22.9 Å². The molecule has 1 saturated heterocycles. The number of thiazole rings is 1. The highest BCUT2D eigenvalue weighted by molar-refractivity contribution is 7.98. The Morgan fingerprint density at radius 3 is 2.86 bits per heavy atom. The molecule has 188 valence electrons. The summed E-state index contributed by atoms with van der Waals surface area (Å²) in [5, 5.41) is 17.5. The van der Waals surface area contributed by atoms with E-state index in [1.165, 1.54) is 16.9 Å². The van der Waals surface area contributed by atoms with Gasteiger partial charge in [-0.15, -0.1) is 32.9 Å². The summed E-state index contributed by atoms with van der Waals surface area (Å²) in [5.74, 6) is 1.32. The molecule has 11 heteroatoms. The number of aromatic nitrogens is 4. The number of thiophene rings is 1. The summed E-state index contributed by atoms with van der Waals surface area (Å²) in [6.07, 6.45) is 0.916. The van der Waals surface area contributed by atoms with E-state index in [1.54, 1.807) is 23.1 Å². The maximum atomic E-state index is 12.6. The highest BCUT2D eigenvalue weighted by Gasteiger charge is 2.18. The summed E-state index contributed by atoms with van der Waals surface area (Å²) < 4.78 is 7.47. The predicted octanol–water partition coefficient (Wildman–Crippen LogP) is 4.51. The molecule has 0 atom stereocenters. The van der Waals surface area contributed by atoms with Crippen LogP contribution in [0.15, 0.2) is 52.3 Å². The normalized spacial score (nSPS) is 14.2. The average molecular weight is 541 g/mol. The highest BCUT2D eigenvalue weighted by atomic mass is 32.2. The molecule has 0 aliphatic carbocycles. The third-order valence-electron chi connectivity index (χ3n) is 5.78. The summed E-state index contributed by atoms with van der Waals surface area (Å²) in [7, 11) is 0. The second-order valence-electron chi connectivity index (χ2n) is 8.44. The third-order valence-corrected chi connectivity index (χ3v) is 8.62. The van der Waals surface area contributed by atoms with Crippen molar-refractivity contribution >= 4 is 40.3 Å². The fraction of sp³-hybridized carbons (Fsp3) is 0.360. The van der Waals surface area contributed by atoms with Crippen LogP contribution in [-0.4, -0.2) is 69.9 Å². The van der Waals surface area contributed by atoms with Crippen molar-refractivity contribution in [1.82, 2.24) is 30.0 Å². The van der Waals surface area contributed by atoms with Crippen LogP contribution in [0.3, 0.4) is 0 Å². The van der Waals surface area contributed by atoms with Gasteiger partial charge in [-0.1, -0.05) is 30.0 Å². The minimum Gasteiger partial charge on any atom is -0.379 e. The number of thioether (sulfide) groups is 1. The van der Waals surface area contributed by atoms with E-state index >= 15 is 0 Å². The Bertz CT molecular complexity index is 1280. The Labute approximate surface area is 222 Å². The molecule has 1 amide bonds. The number of carbonyl (C=O) groups excluding carboxylic acids is 1. The first-order chi connectivity index (χ1) is 17.7. The molecule has 5 rings (SSSR count). The molecular weight excluding hydrogens is 513 g/mol. The molecule has 0 spiro atoms. The van der Waals surface area contributed by atoms with E-state index in [0.717, 1.165) is 65.8 Å². The van der Waals surface area contributed by atoms with Crippen LogP contribution in [0.25, 0.3) is 16.4 Å².